The number of nitrogens with one attached hydrogen (secondary N) is 1. The molecule has 4 heteroatoms. The minimum Gasteiger partial charge on any atom is -0.204 e. The Bertz CT molecular complexity index is 132. The fraction of sp³-hybridized carbons (Fsp3) is 0.800. The van der Waals surface area contributed by atoms with Gasteiger partial charge in [0.1, 0.15) is 0 Å². The zero-order chi connectivity index (χ0) is 6.10. The van der Waals surface area contributed by atoms with Crippen LogP contribution in [0.3, 0.4) is 0 Å². The topological polar surface area (TPSA) is 27.6 Å². The number of nitrogens with zero attached hydrogens (tertiary/aromatic N) is 2. The molecule has 3 nitrogen and oxygen atoms in total. The van der Waals surface area contributed by atoms with Gasteiger partial charge in [0.2, 0.25) is 0 Å². The van der Waals surface area contributed by atoms with Crippen molar-refractivity contribution in [3.63, 3.8) is 0 Å². The maximum Gasteiger partial charge on any atom is 0.0539 e. The van der Waals surface area contributed by atoms with Crippen LogP contribution in [0.25, 0.3) is 0 Å². The summed E-state index contributed by atoms with van der Waals surface area (Å²) in [5, 5.41) is 4.08. The van der Waals surface area contributed by atoms with Gasteiger partial charge >= 0.3 is 0 Å². The van der Waals surface area contributed by atoms with Gasteiger partial charge in [0, 0.05) is 12.3 Å². The normalized spacial score (nSPS) is 25.6. The van der Waals surface area contributed by atoms with E-state index < -0.39 is 0 Å². The maximum absolute atomic E-state index is 4.08. The first-order valence-corrected chi connectivity index (χ1v) is 4.11. The quantitative estimate of drug-likeness (QED) is 0.574. The van der Waals surface area contributed by atoms with Crippen molar-refractivity contribution in [2.75, 3.05) is 5.75 Å². The van der Waals surface area contributed by atoms with Crippen molar-refractivity contribution in [2.45, 2.75) is 18.9 Å². The fourth-order valence-corrected chi connectivity index (χ4v) is 1.32. The lowest BCUT2D eigenvalue weighted by Crippen LogP contribution is -2.27. The largest absolute Gasteiger partial charge is 0.204 e. The molecule has 0 atom stereocenters. The number of hydrogen-bond donors (Lipinski definition) is 1. The third-order valence-corrected chi connectivity index (χ3v) is 2.07. The third kappa shape index (κ3) is 1.37. The zero-order valence-electron chi connectivity index (χ0n) is 5.08. The molecule has 0 aromatic heterocycles. The van der Waals surface area contributed by atoms with Crippen molar-refractivity contribution in [2.24, 2.45) is 5.10 Å². The van der Waals surface area contributed by atoms with Crippen molar-refractivity contribution in [1.82, 2.24) is 9.95 Å². The molecule has 0 amide bonds. The highest BCUT2D eigenvalue weighted by atomic mass is 32.2. The van der Waals surface area contributed by atoms with Gasteiger partial charge in [0.15, 0.2) is 0 Å². The van der Waals surface area contributed by atoms with Crippen molar-refractivity contribution < 1.29 is 0 Å². The first kappa shape index (κ1) is 5.56. The summed E-state index contributed by atoms with van der Waals surface area (Å²) in [6.07, 6.45) is 4.54. The van der Waals surface area contributed by atoms with Gasteiger partial charge in [-0.2, -0.15) is 9.62 Å². The molecule has 0 radical (unpaired) electrons. The van der Waals surface area contributed by atoms with E-state index in [0.717, 1.165) is 5.75 Å². The summed E-state index contributed by atoms with van der Waals surface area (Å²) in [5.74, 6) is 1.01. The Balaban J connectivity index is 1.77. The Labute approximate surface area is 58.6 Å². The summed E-state index contributed by atoms with van der Waals surface area (Å²) in [6.45, 7) is 0. The van der Waals surface area contributed by atoms with Gasteiger partial charge in [-0.1, -0.05) is 0 Å². The zero-order valence-corrected chi connectivity index (χ0v) is 5.90. The van der Waals surface area contributed by atoms with E-state index in [1.54, 1.807) is 11.9 Å². The number of hydrazine groups is 1. The molecule has 2 aliphatic rings. The summed E-state index contributed by atoms with van der Waals surface area (Å²) in [6, 6.07) is 0.716. The molecule has 0 aromatic rings. The van der Waals surface area contributed by atoms with Gasteiger partial charge in [-0.15, -0.1) is 0 Å². The van der Waals surface area contributed by atoms with Crippen LogP contribution in [0.4, 0.5) is 0 Å². The van der Waals surface area contributed by atoms with E-state index in [1.165, 1.54) is 12.8 Å². The van der Waals surface area contributed by atoms with Crippen LogP contribution in [0, 0.1) is 0 Å². The van der Waals surface area contributed by atoms with E-state index >= 15 is 0 Å². The summed E-state index contributed by atoms with van der Waals surface area (Å²) in [5.41, 5.74) is 3.25. The molecule has 0 spiro atoms. The minimum atomic E-state index is 0.716. The molecule has 1 aliphatic heterocycles. The lowest BCUT2D eigenvalue weighted by Gasteiger charge is -2.11. The van der Waals surface area contributed by atoms with Gasteiger partial charge < -0.3 is 0 Å². The summed E-state index contributed by atoms with van der Waals surface area (Å²) in [4.78, 5) is 0. The summed E-state index contributed by atoms with van der Waals surface area (Å²) < 4.78 is 1.86. The molecule has 1 saturated carbocycles. The lowest BCUT2D eigenvalue weighted by molar-refractivity contribution is 0.370. The molecule has 0 bridgehead atoms. The molecular weight excluding hydrogens is 134 g/mol. The number of rotatable bonds is 2. The van der Waals surface area contributed by atoms with E-state index in [-0.39, 0.29) is 0 Å². The van der Waals surface area contributed by atoms with Crippen molar-refractivity contribution in [3.05, 3.63) is 0 Å². The van der Waals surface area contributed by atoms with Crippen molar-refractivity contribution in [3.8, 4) is 0 Å². The Morgan fingerprint density at radius 1 is 1.67 bits per heavy atom. The highest BCUT2D eigenvalue weighted by Gasteiger charge is 2.24. The molecule has 0 aromatic carbocycles. The molecule has 2 rings (SSSR count). The lowest BCUT2D eigenvalue weighted by atomic mass is 10.8. The van der Waals surface area contributed by atoms with Crippen LogP contribution in [0.2, 0.25) is 0 Å². The molecule has 0 saturated heterocycles. The van der Waals surface area contributed by atoms with Crippen LogP contribution in [-0.4, -0.2) is 22.5 Å². The maximum atomic E-state index is 4.08. The molecular formula is C5H9N3S. The monoisotopic (exact) mass is 143 g/mol. The van der Waals surface area contributed by atoms with Crippen LogP contribution in [0.1, 0.15) is 12.8 Å². The van der Waals surface area contributed by atoms with E-state index in [0.29, 0.717) is 6.04 Å². The van der Waals surface area contributed by atoms with Crippen LogP contribution in [-0.2, 0) is 0 Å². The van der Waals surface area contributed by atoms with Gasteiger partial charge in [-0.25, -0.2) is 5.43 Å². The Morgan fingerprint density at radius 2 is 2.56 bits per heavy atom. The van der Waals surface area contributed by atoms with E-state index in [9.17, 15) is 0 Å². The molecule has 1 N–H and O–H groups in total. The average Bonchev–Trinajstić information content (AvgIpc) is 2.46. The van der Waals surface area contributed by atoms with Gasteiger partial charge in [0.05, 0.1) is 5.75 Å². The smallest absolute Gasteiger partial charge is 0.0539 e. The molecule has 9 heavy (non-hydrogen) atoms. The van der Waals surface area contributed by atoms with E-state index in [2.05, 4.69) is 10.5 Å². The molecule has 1 fully saturated rings. The number of hydrogen-bond acceptors (Lipinski definition) is 4. The van der Waals surface area contributed by atoms with Crippen LogP contribution in [0.15, 0.2) is 5.10 Å². The van der Waals surface area contributed by atoms with Crippen LogP contribution >= 0.6 is 11.9 Å². The fourth-order valence-electron chi connectivity index (χ4n) is 0.684. The average molecular weight is 143 g/mol. The number of hydrazone groups is 1. The van der Waals surface area contributed by atoms with Crippen molar-refractivity contribution >= 4 is 18.2 Å². The highest BCUT2D eigenvalue weighted by Crippen LogP contribution is 2.22. The third-order valence-electron chi connectivity index (χ3n) is 1.33. The van der Waals surface area contributed by atoms with Crippen LogP contribution < -0.4 is 5.43 Å². The van der Waals surface area contributed by atoms with Gasteiger partial charge in [0.25, 0.3) is 0 Å². The molecule has 1 heterocycles. The molecule has 1 aliphatic carbocycles. The van der Waals surface area contributed by atoms with Gasteiger partial charge in [-0.05, 0) is 24.8 Å². The van der Waals surface area contributed by atoms with Gasteiger partial charge in [-0.3, -0.25) is 0 Å². The first-order chi connectivity index (χ1) is 4.45. The molecule has 50 valence electrons. The summed E-state index contributed by atoms with van der Waals surface area (Å²) >= 11 is 1.71. The Hall–Kier alpha value is -0.220. The second-order valence-corrected chi connectivity index (χ2v) is 3.21. The second kappa shape index (κ2) is 2.19. The van der Waals surface area contributed by atoms with Crippen molar-refractivity contribution in [1.29, 1.82) is 0 Å². The molecule has 0 unspecified atom stereocenters. The van der Waals surface area contributed by atoms with E-state index in [4.69, 9.17) is 0 Å². The first-order valence-electron chi connectivity index (χ1n) is 3.17. The standard InChI is InChI=1S/C5H9N3S/c1-2-5(1)7-8-6-3-4-9-8/h3,5,7H,1-2,4H2. The minimum absolute atomic E-state index is 0.716. The second-order valence-electron chi connectivity index (χ2n) is 2.27. The predicted octanol–water partition coefficient (Wildman–Crippen LogP) is 0.603. The highest BCUT2D eigenvalue weighted by molar-refractivity contribution is 7.97. The Morgan fingerprint density at radius 3 is 3.11 bits per heavy atom. The van der Waals surface area contributed by atoms with Crippen LogP contribution in [0.5, 0.6) is 0 Å². The van der Waals surface area contributed by atoms with E-state index in [1.807, 2.05) is 10.7 Å². The SMILES string of the molecule is C1=NN(NC2CC2)SC1. The summed E-state index contributed by atoms with van der Waals surface area (Å²) in [7, 11) is 0. The Kier molecular flexibility index (Phi) is 1.35. The predicted molar refractivity (Wildman–Crippen MR) is 38.9 cm³/mol.